The molecule has 0 aromatic carbocycles. The van der Waals surface area contributed by atoms with Crippen molar-refractivity contribution < 1.29 is 9.47 Å². The van der Waals surface area contributed by atoms with Gasteiger partial charge in [-0.1, -0.05) is 6.07 Å². The van der Waals surface area contributed by atoms with Crippen LogP contribution in [0.2, 0.25) is 0 Å². The second kappa shape index (κ2) is 10.6. The number of hydrogen-bond acceptors (Lipinski definition) is 4. The smallest absolute Gasteiger partial charge is 0.193 e. The normalized spacial score (nSPS) is 18.3. The molecular formula is C17H29N3O2S. The minimum atomic E-state index is 0.596. The van der Waals surface area contributed by atoms with Gasteiger partial charge < -0.3 is 19.7 Å². The van der Waals surface area contributed by atoms with Crippen molar-refractivity contribution in [2.45, 2.75) is 19.3 Å². The van der Waals surface area contributed by atoms with Crippen LogP contribution in [-0.4, -0.2) is 64.5 Å². The van der Waals surface area contributed by atoms with Gasteiger partial charge in [0.2, 0.25) is 0 Å². The zero-order valence-corrected chi connectivity index (χ0v) is 15.1. The van der Waals surface area contributed by atoms with Crippen LogP contribution >= 0.6 is 11.3 Å². The maximum absolute atomic E-state index is 5.72. The van der Waals surface area contributed by atoms with Crippen molar-refractivity contribution >= 4 is 17.3 Å². The van der Waals surface area contributed by atoms with E-state index in [1.165, 1.54) is 4.88 Å². The molecule has 1 aliphatic heterocycles. The summed E-state index contributed by atoms with van der Waals surface area (Å²) in [7, 11) is 3.92. The number of nitrogens with one attached hydrogen (secondary N) is 1. The minimum absolute atomic E-state index is 0.596. The van der Waals surface area contributed by atoms with Crippen molar-refractivity contribution in [1.82, 2.24) is 10.2 Å². The lowest BCUT2D eigenvalue weighted by Crippen LogP contribution is -2.40. The Morgan fingerprint density at radius 1 is 1.57 bits per heavy atom. The summed E-state index contributed by atoms with van der Waals surface area (Å²) < 4.78 is 11.1. The summed E-state index contributed by atoms with van der Waals surface area (Å²) in [6.07, 6.45) is 3.19. The number of aliphatic imine (C=N–C) groups is 1. The van der Waals surface area contributed by atoms with E-state index in [2.05, 4.69) is 39.8 Å². The zero-order valence-electron chi connectivity index (χ0n) is 14.3. The van der Waals surface area contributed by atoms with Crippen LogP contribution in [0.5, 0.6) is 0 Å². The molecule has 1 saturated heterocycles. The molecular weight excluding hydrogens is 310 g/mol. The molecule has 0 saturated carbocycles. The first kappa shape index (κ1) is 18.2. The third kappa shape index (κ3) is 6.89. The predicted octanol–water partition coefficient (Wildman–Crippen LogP) is 2.24. The van der Waals surface area contributed by atoms with E-state index in [4.69, 9.17) is 9.47 Å². The first-order valence-electron chi connectivity index (χ1n) is 8.39. The molecule has 6 heteroatoms. The SMILES string of the molecule is CN=C(NCCCOCC1CCOC1)N(C)CCc1cccs1. The first-order chi connectivity index (χ1) is 11.3. The average Bonchev–Trinajstić information content (AvgIpc) is 3.25. The van der Waals surface area contributed by atoms with Crippen LogP contribution in [0.1, 0.15) is 17.7 Å². The van der Waals surface area contributed by atoms with Crippen molar-refractivity contribution in [3.63, 3.8) is 0 Å². The average molecular weight is 340 g/mol. The van der Waals surface area contributed by atoms with Gasteiger partial charge in [-0.05, 0) is 30.7 Å². The summed E-state index contributed by atoms with van der Waals surface area (Å²) in [6, 6.07) is 4.28. The molecule has 0 aliphatic carbocycles. The number of nitrogens with zero attached hydrogens (tertiary/aromatic N) is 2. The number of rotatable bonds is 9. The van der Waals surface area contributed by atoms with Gasteiger partial charge in [-0.2, -0.15) is 0 Å². The number of guanidine groups is 1. The Bertz CT molecular complexity index is 445. The Labute approximate surface area is 143 Å². The van der Waals surface area contributed by atoms with Crippen LogP contribution in [0.3, 0.4) is 0 Å². The van der Waals surface area contributed by atoms with Crippen molar-refractivity contribution in [3.8, 4) is 0 Å². The topological polar surface area (TPSA) is 46.1 Å². The lowest BCUT2D eigenvalue weighted by Gasteiger charge is -2.21. The summed E-state index contributed by atoms with van der Waals surface area (Å²) in [4.78, 5) is 7.94. The van der Waals surface area contributed by atoms with E-state index in [1.54, 1.807) is 0 Å². The lowest BCUT2D eigenvalue weighted by atomic mass is 10.1. The van der Waals surface area contributed by atoms with Gasteiger partial charge >= 0.3 is 0 Å². The van der Waals surface area contributed by atoms with E-state index in [9.17, 15) is 0 Å². The highest BCUT2D eigenvalue weighted by Crippen LogP contribution is 2.12. The number of hydrogen-bond donors (Lipinski definition) is 1. The van der Waals surface area contributed by atoms with Crippen LogP contribution in [-0.2, 0) is 15.9 Å². The minimum Gasteiger partial charge on any atom is -0.381 e. The highest BCUT2D eigenvalue weighted by molar-refractivity contribution is 7.09. The Balaban J connectivity index is 1.53. The summed E-state index contributed by atoms with van der Waals surface area (Å²) in [5, 5.41) is 5.53. The quantitative estimate of drug-likeness (QED) is 0.426. The van der Waals surface area contributed by atoms with Crippen LogP contribution < -0.4 is 5.32 Å². The summed E-state index contributed by atoms with van der Waals surface area (Å²) >= 11 is 1.81. The zero-order chi connectivity index (χ0) is 16.3. The van der Waals surface area contributed by atoms with Crippen LogP contribution in [0, 0.1) is 5.92 Å². The molecule has 2 rings (SSSR count). The van der Waals surface area contributed by atoms with Crippen molar-refractivity contribution in [2.75, 3.05) is 53.6 Å². The highest BCUT2D eigenvalue weighted by Gasteiger charge is 2.15. The first-order valence-corrected chi connectivity index (χ1v) is 9.27. The maximum Gasteiger partial charge on any atom is 0.193 e. The van der Waals surface area contributed by atoms with Gasteiger partial charge in [-0.15, -0.1) is 11.3 Å². The molecule has 1 aromatic heterocycles. The van der Waals surface area contributed by atoms with E-state index >= 15 is 0 Å². The van der Waals surface area contributed by atoms with E-state index in [0.29, 0.717) is 5.92 Å². The molecule has 1 N–H and O–H groups in total. The van der Waals surface area contributed by atoms with Gasteiger partial charge in [0.05, 0.1) is 13.2 Å². The summed E-state index contributed by atoms with van der Waals surface area (Å²) in [5.74, 6) is 1.55. The van der Waals surface area contributed by atoms with Gasteiger partial charge in [0.1, 0.15) is 0 Å². The fraction of sp³-hybridized carbons (Fsp3) is 0.706. The molecule has 0 bridgehead atoms. The molecule has 1 unspecified atom stereocenters. The number of ether oxygens (including phenoxy) is 2. The van der Waals surface area contributed by atoms with Crippen molar-refractivity contribution in [3.05, 3.63) is 22.4 Å². The third-order valence-electron chi connectivity index (χ3n) is 3.97. The molecule has 2 heterocycles. The molecule has 0 radical (unpaired) electrons. The van der Waals surface area contributed by atoms with Gasteiger partial charge in [0.15, 0.2) is 5.96 Å². The fourth-order valence-electron chi connectivity index (χ4n) is 2.56. The number of thiophene rings is 1. The fourth-order valence-corrected chi connectivity index (χ4v) is 3.26. The largest absolute Gasteiger partial charge is 0.381 e. The predicted molar refractivity (Wildman–Crippen MR) is 96.4 cm³/mol. The van der Waals surface area contributed by atoms with Gasteiger partial charge in [0.25, 0.3) is 0 Å². The number of likely N-dealkylation sites (N-methyl/N-ethyl adjacent to an activating group) is 1. The second-order valence-corrected chi connectivity index (χ2v) is 6.92. The molecule has 130 valence electrons. The van der Waals surface area contributed by atoms with Crippen LogP contribution in [0.15, 0.2) is 22.5 Å². The Morgan fingerprint density at radius 2 is 2.48 bits per heavy atom. The molecule has 1 atom stereocenters. The van der Waals surface area contributed by atoms with E-state index < -0.39 is 0 Å². The molecule has 0 amide bonds. The molecule has 0 spiro atoms. The van der Waals surface area contributed by atoms with Crippen LogP contribution in [0.25, 0.3) is 0 Å². The van der Waals surface area contributed by atoms with Gasteiger partial charge in [-0.3, -0.25) is 4.99 Å². The van der Waals surface area contributed by atoms with Crippen LogP contribution in [0.4, 0.5) is 0 Å². The molecule has 5 nitrogen and oxygen atoms in total. The molecule has 1 fully saturated rings. The van der Waals surface area contributed by atoms with Crippen molar-refractivity contribution in [2.24, 2.45) is 10.9 Å². The maximum atomic E-state index is 5.72. The monoisotopic (exact) mass is 339 g/mol. The van der Waals surface area contributed by atoms with E-state index in [0.717, 1.165) is 64.7 Å². The standard InChI is InChI=1S/C17H29N3O2S/c1-18-17(20(2)9-6-16-5-3-12-23-16)19-8-4-10-21-13-15-7-11-22-14-15/h3,5,12,15H,4,6-11,13-14H2,1-2H3,(H,18,19). The van der Waals surface area contributed by atoms with E-state index in [-0.39, 0.29) is 0 Å². The van der Waals surface area contributed by atoms with Gasteiger partial charge in [-0.25, -0.2) is 0 Å². The Hall–Kier alpha value is -1.11. The van der Waals surface area contributed by atoms with Crippen molar-refractivity contribution in [1.29, 1.82) is 0 Å². The summed E-state index contributed by atoms with van der Waals surface area (Å²) in [6.45, 7) is 5.23. The molecule has 23 heavy (non-hydrogen) atoms. The highest BCUT2D eigenvalue weighted by atomic mass is 32.1. The molecule has 1 aromatic rings. The summed E-state index contributed by atoms with van der Waals surface area (Å²) in [5.41, 5.74) is 0. The third-order valence-corrected chi connectivity index (χ3v) is 4.91. The van der Waals surface area contributed by atoms with E-state index in [1.807, 2.05) is 18.4 Å². The van der Waals surface area contributed by atoms with Gasteiger partial charge in [0, 0.05) is 51.2 Å². The second-order valence-electron chi connectivity index (χ2n) is 5.88. The Morgan fingerprint density at radius 3 is 3.17 bits per heavy atom. The Kier molecular flexibility index (Phi) is 8.42. The lowest BCUT2D eigenvalue weighted by molar-refractivity contribution is 0.0887. The molecule has 1 aliphatic rings.